The lowest BCUT2D eigenvalue weighted by Gasteiger charge is -2.13. The minimum Gasteiger partial charge on any atom is -0.491 e. The van der Waals surface area contributed by atoms with Crippen molar-refractivity contribution in [2.75, 3.05) is 18.4 Å². The summed E-state index contributed by atoms with van der Waals surface area (Å²) in [5.74, 6) is 0.487. The maximum Gasteiger partial charge on any atom is 0.164 e. The third kappa shape index (κ3) is 1.96. The van der Waals surface area contributed by atoms with Gasteiger partial charge in [-0.25, -0.2) is 4.84 Å². The van der Waals surface area contributed by atoms with Crippen LogP contribution in [0.25, 0.3) is 0 Å². The third-order valence-corrected chi connectivity index (χ3v) is 2.30. The van der Waals surface area contributed by atoms with E-state index in [1.54, 1.807) is 18.2 Å². The summed E-state index contributed by atoms with van der Waals surface area (Å²) in [6, 6.07) is 5.24. The van der Waals surface area contributed by atoms with Gasteiger partial charge in [0, 0.05) is 18.6 Å². The molecule has 0 spiro atoms. The number of nitrogens with zero attached hydrogens (tertiary/aromatic N) is 1. The zero-order chi connectivity index (χ0) is 11.5. The van der Waals surface area contributed by atoms with Crippen molar-refractivity contribution >= 4 is 5.69 Å². The average Bonchev–Trinajstić information content (AvgIpc) is 2.56. The quantitative estimate of drug-likeness (QED) is 0.650. The highest BCUT2D eigenvalue weighted by atomic mass is 16.9. The number of para-hydroxylation sites is 1. The van der Waals surface area contributed by atoms with Crippen molar-refractivity contribution in [2.24, 2.45) is 5.73 Å². The SMILES string of the molecule is N[C@H]1ON(O)c2c(OCCCO)cccc21. The number of benzene rings is 1. The van der Waals surface area contributed by atoms with E-state index in [1.165, 1.54) is 0 Å². The summed E-state index contributed by atoms with van der Waals surface area (Å²) >= 11 is 0. The number of aliphatic hydroxyl groups is 1. The summed E-state index contributed by atoms with van der Waals surface area (Å²) in [5, 5.41) is 18.8. The smallest absolute Gasteiger partial charge is 0.164 e. The van der Waals surface area contributed by atoms with Gasteiger partial charge in [0.1, 0.15) is 11.4 Å². The minimum absolute atomic E-state index is 0.0634. The van der Waals surface area contributed by atoms with Crippen molar-refractivity contribution in [1.29, 1.82) is 0 Å². The predicted molar refractivity (Wildman–Crippen MR) is 55.9 cm³/mol. The molecule has 88 valence electrons. The lowest BCUT2D eigenvalue weighted by atomic mass is 10.1. The summed E-state index contributed by atoms with van der Waals surface area (Å²) in [6.07, 6.45) is -0.149. The normalized spacial score (nSPS) is 18.7. The summed E-state index contributed by atoms with van der Waals surface area (Å²) < 4.78 is 5.41. The van der Waals surface area contributed by atoms with E-state index in [4.69, 9.17) is 20.4 Å². The van der Waals surface area contributed by atoms with E-state index >= 15 is 0 Å². The Bertz CT molecular complexity index is 372. The van der Waals surface area contributed by atoms with Crippen LogP contribution in [-0.4, -0.2) is 23.5 Å². The molecule has 4 N–H and O–H groups in total. The Balaban J connectivity index is 2.20. The Morgan fingerprint density at radius 1 is 1.50 bits per heavy atom. The van der Waals surface area contributed by atoms with E-state index in [9.17, 15) is 5.21 Å². The molecule has 1 heterocycles. The number of rotatable bonds is 4. The van der Waals surface area contributed by atoms with Gasteiger partial charge in [-0.3, -0.25) is 10.9 Å². The predicted octanol–water partition coefficient (Wildman–Crippen LogP) is 0.546. The monoisotopic (exact) mass is 226 g/mol. The zero-order valence-electron chi connectivity index (χ0n) is 8.67. The van der Waals surface area contributed by atoms with Gasteiger partial charge in [0.2, 0.25) is 0 Å². The van der Waals surface area contributed by atoms with Gasteiger partial charge >= 0.3 is 0 Å². The highest BCUT2D eigenvalue weighted by molar-refractivity contribution is 5.63. The van der Waals surface area contributed by atoms with E-state index in [-0.39, 0.29) is 6.61 Å². The summed E-state index contributed by atoms with van der Waals surface area (Å²) in [5.41, 5.74) is 6.74. The lowest BCUT2D eigenvalue weighted by Crippen LogP contribution is -2.17. The Labute approximate surface area is 92.7 Å². The molecule has 0 unspecified atom stereocenters. The molecule has 0 aliphatic carbocycles. The number of hydrogen-bond donors (Lipinski definition) is 3. The van der Waals surface area contributed by atoms with Crippen LogP contribution in [-0.2, 0) is 4.84 Å². The van der Waals surface area contributed by atoms with Gasteiger partial charge in [-0.1, -0.05) is 12.1 Å². The van der Waals surface area contributed by atoms with E-state index in [1.807, 2.05) is 0 Å². The van der Waals surface area contributed by atoms with Crippen LogP contribution in [0.3, 0.4) is 0 Å². The molecule has 0 aromatic heterocycles. The standard InChI is InChI=1S/C10H14N2O4/c11-10-7-3-1-4-8(15-6-2-5-13)9(7)12(14)16-10/h1,3-4,10,13-14H,2,5-6,11H2/t10-/m0/s1. The van der Waals surface area contributed by atoms with E-state index in [0.717, 1.165) is 0 Å². The van der Waals surface area contributed by atoms with Crippen molar-refractivity contribution in [3.8, 4) is 5.75 Å². The number of nitrogens with two attached hydrogens (primary N) is 1. The van der Waals surface area contributed by atoms with Crippen molar-refractivity contribution in [2.45, 2.75) is 12.6 Å². The molecule has 0 saturated heterocycles. The second-order valence-electron chi connectivity index (χ2n) is 3.42. The Hall–Kier alpha value is -1.34. The molecule has 1 aromatic rings. The second kappa shape index (κ2) is 4.67. The van der Waals surface area contributed by atoms with Gasteiger partial charge in [-0.15, -0.1) is 5.23 Å². The number of aliphatic hydroxyl groups excluding tert-OH is 1. The molecule has 1 aliphatic rings. The van der Waals surface area contributed by atoms with Gasteiger partial charge in [0.25, 0.3) is 0 Å². The molecule has 0 saturated carbocycles. The summed E-state index contributed by atoms with van der Waals surface area (Å²) in [6.45, 7) is 0.434. The van der Waals surface area contributed by atoms with Crippen molar-refractivity contribution in [3.63, 3.8) is 0 Å². The maximum atomic E-state index is 9.49. The molecule has 6 heteroatoms. The first-order chi connectivity index (χ1) is 7.74. The highest BCUT2D eigenvalue weighted by Crippen LogP contribution is 2.40. The molecule has 0 amide bonds. The fourth-order valence-electron chi connectivity index (χ4n) is 1.55. The minimum atomic E-state index is -0.679. The molecule has 6 nitrogen and oxygen atoms in total. The van der Waals surface area contributed by atoms with Gasteiger partial charge in [0.15, 0.2) is 6.23 Å². The van der Waals surface area contributed by atoms with Crippen molar-refractivity contribution < 1.29 is 19.9 Å². The number of anilines is 1. The van der Waals surface area contributed by atoms with E-state index in [0.29, 0.717) is 35.3 Å². The molecule has 1 aliphatic heterocycles. The average molecular weight is 226 g/mol. The van der Waals surface area contributed by atoms with Gasteiger partial charge in [0.05, 0.1) is 6.61 Å². The largest absolute Gasteiger partial charge is 0.491 e. The zero-order valence-corrected chi connectivity index (χ0v) is 8.67. The third-order valence-electron chi connectivity index (χ3n) is 2.30. The van der Waals surface area contributed by atoms with Crippen LogP contribution in [0.15, 0.2) is 18.2 Å². The highest BCUT2D eigenvalue weighted by Gasteiger charge is 2.29. The van der Waals surface area contributed by atoms with Gasteiger partial charge in [-0.05, 0) is 6.07 Å². The molecule has 0 fully saturated rings. The van der Waals surface area contributed by atoms with Crippen LogP contribution in [0.5, 0.6) is 5.75 Å². The first-order valence-corrected chi connectivity index (χ1v) is 5.02. The van der Waals surface area contributed by atoms with Crippen LogP contribution in [0.2, 0.25) is 0 Å². The molecule has 1 aromatic carbocycles. The fraction of sp³-hybridized carbons (Fsp3) is 0.400. The lowest BCUT2D eigenvalue weighted by molar-refractivity contribution is -0.0652. The summed E-state index contributed by atoms with van der Waals surface area (Å²) in [7, 11) is 0. The molecule has 16 heavy (non-hydrogen) atoms. The number of fused-ring (bicyclic) bond motifs is 1. The number of ether oxygens (including phenoxy) is 1. The first kappa shape index (κ1) is 11.2. The Morgan fingerprint density at radius 3 is 3.06 bits per heavy atom. The van der Waals surface area contributed by atoms with Crippen LogP contribution >= 0.6 is 0 Å². The number of hydrogen-bond acceptors (Lipinski definition) is 6. The molecule has 1 atom stereocenters. The molecule has 0 radical (unpaired) electrons. The van der Waals surface area contributed by atoms with Crippen molar-refractivity contribution in [3.05, 3.63) is 23.8 Å². The second-order valence-corrected chi connectivity index (χ2v) is 3.42. The van der Waals surface area contributed by atoms with Gasteiger partial charge < -0.3 is 9.84 Å². The van der Waals surface area contributed by atoms with Crippen LogP contribution in [0, 0.1) is 0 Å². The molecular formula is C10H14N2O4. The van der Waals surface area contributed by atoms with Crippen LogP contribution in [0.4, 0.5) is 5.69 Å². The van der Waals surface area contributed by atoms with Gasteiger partial charge in [-0.2, -0.15) is 0 Å². The fourth-order valence-corrected chi connectivity index (χ4v) is 1.55. The topological polar surface area (TPSA) is 88.2 Å². The Kier molecular flexibility index (Phi) is 3.25. The summed E-state index contributed by atoms with van der Waals surface area (Å²) in [4.78, 5) is 4.92. The molecule has 2 rings (SSSR count). The van der Waals surface area contributed by atoms with E-state index in [2.05, 4.69) is 0 Å². The maximum absolute atomic E-state index is 9.49. The first-order valence-electron chi connectivity index (χ1n) is 5.02. The van der Waals surface area contributed by atoms with Crippen molar-refractivity contribution in [1.82, 2.24) is 0 Å². The van der Waals surface area contributed by atoms with E-state index < -0.39 is 6.23 Å². The Morgan fingerprint density at radius 2 is 2.31 bits per heavy atom. The molecule has 0 bridgehead atoms. The van der Waals surface area contributed by atoms with Crippen LogP contribution < -0.4 is 15.7 Å². The molecular weight excluding hydrogens is 212 g/mol. The van der Waals surface area contributed by atoms with Crippen LogP contribution in [0.1, 0.15) is 18.2 Å².